The zero-order valence-electron chi connectivity index (χ0n) is 42.5. The minimum absolute atomic E-state index is 0.586. The Hall–Kier alpha value is -7.78. The van der Waals surface area contributed by atoms with Gasteiger partial charge in [0.25, 0.3) is 0 Å². The standard InChI is InChI=1S/2C12H24O6.10CH4N2O/c2*1-2-14-5-6-16-9-10-18-12-11-17-8-7-15-4-3-13-1;10*2-1(3)4/h2*1-12H2;10*(H4,2,3,4). The van der Waals surface area contributed by atoms with E-state index < -0.39 is 60.3 Å². The highest BCUT2D eigenvalue weighted by atomic mass is 16.6. The Labute approximate surface area is 438 Å². The lowest BCUT2D eigenvalue weighted by Crippen LogP contribution is -2.18. The van der Waals surface area contributed by atoms with Gasteiger partial charge >= 0.3 is 60.3 Å². The summed E-state index contributed by atoms with van der Waals surface area (Å²) in [5, 5.41) is 0. The number of urea groups is 10. The van der Waals surface area contributed by atoms with Crippen LogP contribution >= 0.6 is 0 Å². The van der Waals surface area contributed by atoms with Gasteiger partial charge in [-0.1, -0.05) is 0 Å². The third kappa shape index (κ3) is 354. The van der Waals surface area contributed by atoms with Crippen molar-refractivity contribution in [3.8, 4) is 0 Å². The number of ether oxygens (including phenoxy) is 12. The molecule has 2 rings (SSSR count). The molecule has 2 saturated heterocycles. The average Bonchev–Trinajstić information content (AvgIpc) is 3.22. The SMILES string of the molecule is C1COCCOCCOCCOCCOCCO1.C1COCCOCCOCCOCCOCCO1.NC(N)=O.NC(N)=O.NC(N)=O.NC(N)=O.NC(N)=O.NC(N)=O.NC(N)=O.NC(N)=O.NC(N)=O.NC(N)=O. The first-order chi connectivity index (χ1) is 35.3. The maximum absolute atomic E-state index is 9.00. The van der Waals surface area contributed by atoms with Crippen LogP contribution in [0.2, 0.25) is 0 Å². The van der Waals surface area contributed by atoms with Gasteiger partial charge in [-0.25, -0.2) is 47.9 Å². The number of nitrogens with two attached hydrogens (primary N) is 20. The zero-order valence-corrected chi connectivity index (χ0v) is 42.5. The summed E-state index contributed by atoms with van der Waals surface area (Å²) in [5.74, 6) is 0. The van der Waals surface area contributed by atoms with E-state index >= 15 is 0 Å². The van der Waals surface area contributed by atoms with Crippen molar-refractivity contribution in [2.45, 2.75) is 0 Å². The molecule has 76 heavy (non-hydrogen) atoms. The molecule has 0 aliphatic carbocycles. The van der Waals surface area contributed by atoms with E-state index in [0.717, 1.165) is 0 Å². The summed E-state index contributed by atoms with van der Waals surface area (Å²) < 4.78 is 63.9. The largest absolute Gasteiger partial charge is 0.377 e. The predicted octanol–water partition coefficient (Wildman–Crippen LogP) is -9.56. The Morgan fingerprint density at radius 1 is 0.132 bits per heavy atom. The van der Waals surface area contributed by atoms with E-state index in [1.807, 2.05) is 0 Å². The van der Waals surface area contributed by atoms with Crippen LogP contribution in [0.1, 0.15) is 0 Å². The van der Waals surface area contributed by atoms with Crippen molar-refractivity contribution in [1.29, 1.82) is 0 Å². The van der Waals surface area contributed by atoms with Crippen molar-refractivity contribution in [1.82, 2.24) is 0 Å². The van der Waals surface area contributed by atoms with E-state index in [4.69, 9.17) is 105 Å². The summed E-state index contributed by atoms with van der Waals surface area (Å²) in [6, 6.07) is -8.33. The molecule has 0 aromatic carbocycles. The van der Waals surface area contributed by atoms with Gasteiger partial charge in [-0.15, -0.1) is 0 Å². The average molecular weight is 1130 g/mol. The second-order valence-electron chi connectivity index (χ2n) is 11.4. The molecule has 0 bridgehead atoms. The fourth-order valence-electron chi connectivity index (χ4n) is 2.64. The molecule has 0 atom stereocenters. The first-order valence-corrected chi connectivity index (χ1v) is 20.7. The molecule has 456 valence electrons. The van der Waals surface area contributed by atoms with Crippen LogP contribution in [0.4, 0.5) is 47.9 Å². The molecule has 42 nitrogen and oxygen atoms in total. The Morgan fingerprint density at radius 3 is 0.184 bits per heavy atom. The molecule has 40 N–H and O–H groups in total. The van der Waals surface area contributed by atoms with Gasteiger partial charge in [0.15, 0.2) is 0 Å². The molecular formula is C34H88N20O22. The third-order valence-electron chi connectivity index (χ3n) is 4.46. The van der Waals surface area contributed by atoms with E-state index in [9.17, 15) is 0 Å². The van der Waals surface area contributed by atoms with Gasteiger partial charge in [-0.05, 0) is 0 Å². The quantitative estimate of drug-likeness (QED) is 0.107. The van der Waals surface area contributed by atoms with Crippen LogP contribution in [-0.2, 0) is 56.8 Å². The van der Waals surface area contributed by atoms with E-state index in [1.165, 1.54) is 0 Å². The van der Waals surface area contributed by atoms with Gasteiger partial charge in [0.2, 0.25) is 0 Å². The molecule has 0 aromatic rings. The Kier molecular flexibility index (Phi) is 104. The van der Waals surface area contributed by atoms with Crippen LogP contribution in [-0.4, -0.2) is 219 Å². The number of carbonyl (C=O) groups excluding carboxylic acids is 10. The summed E-state index contributed by atoms with van der Waals surface area (Å²) in [6.45, 7) is 14.1. The molecular weight excluding hydrogens is 1040 g/mol. The maximum atomic E-state index is 9.00. The molecule has 0 saturated carbocycles. The van der Waals surface area contributed by atoms with Crippen LogP contribution < -0.4 is 115 Å². The number of hydrogen-bond donors (Lipinski definition) is 20. The van der Waals surface area contributed by atoms with Gasteiger partial charge in [0.1, 0.15) is 0 Å². The molecule has 0 spiro atoms. The van der Waals surface area contributed by atoms with Gasteiger partial charge in [-0.3, -0.25) is 0 Å². The van der Waals surface area contributed by atoms with Crippen LogP contribution in [0, 0.1) is 0 Å². The highest BCUT2D eigenvalue weighted by Crippen LogP contribution is 1.88. The Balaban J connectivity index is -0.0000000856. The maximum Gasteiger partial charge on any atom is 0.309 e. The second kappa shape index (κ2) is 87.0. The van der Waals surface area contributed by atoms with Gasteiger partial charge in [0, 0.05) is 0 Å². The van der Waals surface area contributed by atoms with Crippen molar-refractivity contribution < 1.29 is 105 Å². The van der Waals surface area contributed by atoms with Crippen molar-refractivity contribution >= 4 is 60.3 Å². The number of hydrogen-bond acceptors (Lipinski definition) is 22. The molecule has 2 aliphatic heterocycles. The number of carbonyl (C=O) groups is 10. The smallest absolute Gasteiger partial charge is 0.309 e. The van der Waals surface area contributed by atoms with Crippen LogP contribution in [0.15, 0.2) is 0 Å². The van der Waals surface area contributed by atoms with Gasteiger partial charge < -0.3 is 172 Å². The molecule has 0 unspecified atom stereocenters. The summed E-state index contributed by atoms with van der Waals surface area (Å²) in [6.07, 6.45) is 0. The van der Waals surface area contributed by atoms with Crippen LogP contribution in [0.3, 0.4) is 0 Å². The third-order valence-corrected chi connectivity index (χ3v) is 4.46. The summed E-state index contributed by atoms with van der Waals surface area (Å²) in [5.41, 5.74) is 85.0. The number of amides is 20. The van der Waals surface area contributed by atoms with Gasteiger partial charge in [0.05, 0.1) is 159 Å². The lowest BCUT2D eigenvalue weighted by molar-refractivity contribution is -0.0334. The summed E-state index contributed by atoms with van der Waals surface area (Å²) in [4.78, 5) is 90.0. The monoisotopic (exact) mass is 1130 g/mol. The number of rotatable bonds is 0. The lowest BCUT2D eigenvalue weighted by Gasteiger charge is -2.09. The number of primary amides is 20. The van der Waals surface area contributed by atoms with Gasteiger partial charge in [-0.2, -0.15) is 0 Å². The highest BCUT2D eigenvalue weighted by molar-refractivity contribution is 5.71. The van der Waals surface area contributed by atoms with E-state index in [-0.39, 0.29) is 0 Å². The normalized spacial score (nSPS) is 14.5. The minimum atomic E-state index is -0.833. The molecule has 20 amide bonds. The topological polar surface area (TPSA) is 802 Å². The summed E-state index contributed by atoms with van der Waals surface area (Å²) >= 11 is 0. The highest BCUT2D eigenvalue weighted by Gasteiger charge is 1.97. The Morgan fingerprint density at radius 2 is 0.158 bits per heavy atom. The van der Waals surface area contributed by atoms with E-state index in [2.05, 4.69) is 115 Å². The molecule has 0 aromatic heterocycles. The first kappa shape index (κ1) is 90.9. The molecule has 42 heteroatoms. The second-order valence-corrected chi connectivity index (χ2v) is 11.4. The Bertz CT molecular complexity index is 916. The summed E-state index contributed by atoms with van der Waals surface area (Å²) in [7, 11) is 0. The molecule has 0 radical (unpaired) electrons. The van der Waals surface area contributed by atoms with Crippen LogP contribution in [0.25, 0.3) is 0 Å². The molecule has 2 fully saturated rings. The van der Waals surface area contributed by atoms with E-state index in [0.29, 0.717) is 159 Å². The lowest BCUT2D eigenvalue weighted by atomic mass is 10.6. The van der Waals surface area contributed by atoms with Crippen molar-refractivity contribution in [3.63, 3.8) is 0 Å². The van der Waals surface area contributed by atoms with Crippen LogP contribution in [0.5, 0.6) is 0 Å². The zero-order chi connectivity index (χ0) is 61.2. The predicted molar refractivity (Wildman–Crippen MR) is 268 cm³/mol. The van der Waals surface area contributed by atoms with Crippen molar-refractivity contribution in [3.05, 3.63) is 0 Å². The van der Waals surface area contributed by atoms with E-state index in [1.54, 1.807) is 0 Å². The molecule has 2 aliphatic rings. The fourth-order valence-corrected chi connectivity index (χ4v) is 2.64. The fraction of sp³-hybridized carbons (Fsp3) is 0.706. The molecule has 2 heterocycles. The van der Waals surface area contributed by atoms with Crippen molar-refractivity contribution in [2.75, 3.05) is 159 Å². The first-order valence-electron chi connectivity index (χ1n) is 20.7. The van der Waals surface area contributed by atoms with Crippen molar-refractivity contribution in [2.24, 2.45) is 115 Å². The minimum Gasteiger partial charge on any atom is -0.377 e.